The zero-order valence-electron chi connectivity index (χ0n) is 16.5. The largest absolute Gasteiger partial charge is 0.410 e. The Morgan fingerprint density at radius 3 is 2.69 bits per heavy atom. The van der Waals surface area contributed by atoms with Crippen LogP contribution >= 0.6 is 0 Å². The van der Waals surface area contributed by atoms with E-state index in [4.69, 9.17) is 0 Å². The smallest absolute Gasteiger partial charge is 0.367 e. The number of sulfonamides is 1. The molecule has 1 amide bonds. The predicted molar refractivity (Wildman–Crippen MR) is 101 cm³/mol. The second-order valence-corrected chi connectivity index (χ2v) is 9.94. The van der Waals surface area contributed by atoms with Crippen LogP contribution in [0.2, 0.25) is 0 Å². The van der Waals surface area contributed by atoms with Crippen LogP contribution in [0.1, 0.15) is 44.3 Å². The van der Waals surface area contributed by atoms with Gasteiger partial charge in [0, 0.05) is 31.1 Å². The molecule has 2 N–H and O–H groups in total. The van der Waals surface area contributed by atoms with E-state index in [2.05, 4.69) is 15.1 Å². The minimum atomic E-state index is -4.40. The second-order valence-electron chi connectivity index (χ2n) is 8.11. The highest BCUT2D eigenvalue weighted by Crippen LogP contribution is 2.42. The summed E-state index contributed by atoms with van der Waals surface area (Å²) >= 11 is 0. The van der Waals surface area contributed by atoms with Crippen molar-refractivity contribution in [2.24, 2.45) is 5.92 Å². The first-order chi connectivity index (χ1) is 13.3. The lowest BCUT2D eigenvalue weighted by Gasteiger charge is -2.35. The lowest BCUT2D eigenvalue weighted by Crippen LogP contribution is -2.41. The maximum absolute atomic E-state index is 13.6. The number of alkyl halides is 3. The lowest BCUT2D eigenvalue weighted by atomic mass is 9.94. The average molecular weight is 437 g/mol. The third-order valence-electron chi connectivity index (χ3n) is 5.49. The van der Waals surface area contributed by atoms with Crippen LogP contribution in [-0.4, -0.2) is 67.1 Å². The maximum Gasteiger partial charge on any atom is 0.410 e. The van der Waals surface area contributed by atoms with Gasteiger partial charge in [-0.05, 0) is 18.8 Å². The molecule has 3 heterocycles. The molecule has 8 nitrogen and oxygen atoms in total. The van der Waals surface area contributed by atoms with Gasteiger partial charge in [0.1, 0.15) is 5.82 Å². The number of rotatable bonds is 5. The fourth-order valence-electron chi connectivity index (χ4n) is 3.79. The van der Waals surface area contributed by atoms with Crippen molar-refractivity contribution in [1.29, 1.82) is 0 Å². The topological polar surface area (TPSA) is 96.3 Å². The van der Waals surface area contributed by atoms with E-state index < -0.39 is 22.2 Å². The molecule has 2 aliphatic rings. The Labute approximate surface area is 167 Å². The van der Waals surface area contributed by atoms with E-state index in [1.165, 1.54) is 4.90 Å². The van der Waals surface area contributed by atoms with Crippen LogP contribution in [0.15, 0.2) is 6.07 Å². The van der Waals surface area contributed by atoms with Crippen LogP contribution in [0.3, 0.4) is 0 Å². The number of likely N-dealkylation sites (tertiary alicyclic amines) is 1. The first-order valence-corrected chi connectivity index (χ1v) is 11.4. The van der Waals surface area contributed by atoms with Crippen molar-refractivity contribution in [3.05, 3.63) is 11.8 Å². The number of halogens is 3. The standard InChI is InChI=1S/C17H26F3N5O3S/c1-10(2)12-6-14(17(18,19)20)25-15(22-12)7-13(23-25)11-4-5-24(9-11)16(26)8-21-29(3,27)28/h7,10-12,14,21-22H,4-6,8-9H2,1-3H3/t11-,12+,14-/m1/s1. The highest BCUT2D eigenvalue weighted by atomic mass is 32.2. The Morgan fingerprint density at radius 1 is 1.41 bits per heavy atom. The fourth-order valence-corrected chi connectivity index (χ4v) is 4.18. The monoisotopic (exact) mass is 437 g/mol. The van der Waals surface area contributed by atoms with E-state index in [1.54, 1.807) is 6.07 Å². The second kappa shape index (κ2) is 7.78. The van der Waals surface area contributed by atoms with Gasteiger partial charge in [-0.15, -0.1) is 0 Å². The Balaban J connectivity index is 1.74. The number of carbonyl (C=O) groups excluding carboxylic acids is 1. The number of hydrogen-bond acceptors (Lipinski definition) is 5. The number of nitrogens with zero attached hydrogens (tertiary/aromatic N) is 3. The first-order valence-electron chi connectivity index (χ1n) is 9.50. The Morgan fingerprint density at radius 2 is 2.10 bits per heavy atom. The number of fused-ring (bicyclic) bond motifs is 1. The van der Waals surface area contributed by atoms with Gasteiger partial charge in [0.15, 0.2) is 6.04 Å². The normalized spacial score (nSPS) is 25.2. The van der Waals surface area contributed by atoms with Crippen LogP contribution < -0.4 is 10.0 Å². The molecule has 3 atom stereocenters. The molecule has 1 saturated heterocycles. The summed E-state index contributed by atoms with van der Waals surface area (Å²) in [4.78, 5) is 13.7. The molecule has 164 valence electrons. The summed E-state index contributed by atoms with van der Waals surface area (Å²) < 4.78 is 66.2. The number of carbonyl (C=O) groups is 1. The molecule has 0 bridgehead atoms. The van der Waals surface area contributed by atoms with E-state index in [1.807, 2.05) is 13.8 Å². The molecular formula is C17H26F3N5O3S. The predicted octanol–water partition coefficient (Wildman–Crippen LogP) is 1.69. The zero-order chi connectivity index (χ0) is 21.6. The van der Waals surface area contributed by atoms with E-state index >= 15 is 0 Å². The number of aromatic nitrogens is 2. The zero-order valence-corrected chi connectivity index (χ0v) is 17.3. The molecule has 0 saturated carbocycles. The van der Waals surface area contributed by atoms with Crippen molar-refractivity contribution in [1.82, 2.24) is 19.4 Å². The van der Waals surface area contributed by atoms with Crippen LogP contribution in [0.4, 0.5) is 19.0 Å². The van der Waals surface area contributed by atoms with Crippen molar-refractivity contribution in [3.8, 4) is 0 Å². The molecule has 0 aromatic carbocycles. The van der Waals surface area contributed by atoms with Crippen LogP contribution in [0.5, 0.6) is 0 Å². The summed E-state index contributed by atoms with van der Waals surface area (Å²) in [6.45, 7) is 4.12. The van der Waals surface area contributed by atoms with Gasteiger partial charge in [-0.25, -0.2) is 17.8 Å². The first kappa shape index (κ1) is 21.9. The quantitative estimate of drug-likeness (QED) is 0.731. The SMILES string of the molecule is CC(C)[C@@H]1C[C@H](C(F)(F)F)n2nc([C@@H]3CCN(C(=O)CNS(C)(=O)=O)C3)cc2N1. The summed E-state index contributed by atoms with van der Waals surface area (Å²) in [5.74, 6) is -0.179. The minimum Gasteiger partial charge on any atom is -0.367 e. The van der Waals surface area contributed by atoms with Crippen molar-refractivity contribution in [3.63, 3.8) is 0 Å². The van der Waals surface area contributed by atoms with E-state index in [0.29, 0.717) is 31.0 Å². The van der Waals surface area contributed by atoms with Crippen molar-refractivity contribution >= 4 is 21.7 Å². The molecule has 12 heteroatoms. The van der Waals surface area contributed by atoms with Crippen molar-refractivity contribution in [2.75, 3.05) is 31.2 Å². The van der Waals surface area contributed by atoms with Crippen molar-refractivity contribution < 1.29 is 26.4 Å². The van der Waals surface area contributed by atoms with Gasteiger partial charge in [0.05, 0.1) is 18.5 Å². The van der Waals surface area contributed by atoms with Crippen molar-refractivity contribution in [2.45, 2.75) is 50.9 Å². The van der Waals surface area contributed by atoms with Crippen LogP contribution in [-0.2, 0) is 14.8 Å². The van der Waals surface area contributed by atoms with Crippen LogP contribution in [0, 0.1) is 5.92 Å². The molecule has 2 aliphatic heterocycles. The van der Waals surface area contributed by atoms with Gasteiger partial charge < -0.3 is 10.2 Å². The maximum atomic E-state index is 13.6. The summed E-state index contributed by atoms with van der Waals surface area (Å²) in [6, 6.07) is -0.346. The molecule has 3 rings (SSSR count). The van der Waals surface area contributed by atoms with Gasteiger partial charge in [-0.3, -0.25) is 4.79 Å². The number of nitrogens with one attached hydrogen (secondary N) is 2. The molecule has 1 aromatic heterocycles. The summed E-state index contributed by atoms with van der Waals surface area (Å²) in [5.41, 5.74) is 0.512. The van der Waals surface area contributed by atoms with Crippen LogP contribution in [0.25, 0.3) is 0 Å². The number of anilines is 1. The molecule has 1 aromatic rings. The lowest BCUT2D eigenvalue weighted by molar-refractivity contribution is -0.174. The van der Waals surface area contributed by atoms with E-state index in [9.17, 15) is 26.4 Å². The van der Waals surface area contributed by atoms with Gasteiger partial charge in [-0.1, -0.05) is 13.8 Å². The molecule has 1 fully saturated rings. The van der Waals surface area contributed by atoms with Gasteiger partial charge in [0.25, 0.3) is 0 Å². The summed E-state index contributed by atoms with van der Waals surface area (Å²) in [6.07, 6.45) is -2.95. The number of amides is 1. The Kier molecular flexibility index (Phi) is 5.87. The fraction of sp³-hybridized carbons (Fsp3) is 0.765. The van der Waals surface area contributed by atoms with E-state index in [0.717, 1.165) is 10.9 Å². The Hall–Kier alpha value is -1.82. The minimum absolute atomic E-state index is 0.0360. The van der Waals surface area contributed by atoms with Gasteiger partial charge in [-0.2, -0.15) is 18.3 Å². The molecular weight excluding hydrogens is 411 g/mol. The summed E-state index contributed by atoms with van der Waals surface area (Å²) in [5, 5.41) is 7.39. The van der Waals surface area contributed by atoms with Gasteiger partial charge >= 0.3 is 6.18 Å². The third kappa shape index (κ3) is 5.03. The average Bonchev–Trinajstić information content (AvgIpc) is 3.23. The van der Waals surface area contributed by atoms with E-state index in [-0.39, 0.29) is 36.8 Å². The molecule has 0 aliphatic carbocycles. The third-order valence-corrected chi connectivity index (χ3v) is 6.16. The molecule has 0 spiro atoms. The molecule has 29 heavy (non-hydrogen) atoms. The number of hydrogen-bond donors (Lipinski definition) is 2. The molecule has 0 radical (unpaired) electrons. The highest BCUT2D eigenvalue weighted by molar-refractivity contribution is 7.88. The molecule has 0 unspecified atom stereocenters. The highest BCUT2D eigenvalue weighted by Gasteiger charge is 2.47. The van der Waals surface area contributed by atoms with Gasteiger partial charge in [0.2, 0.25) is 15.9 Å². The summed E-state index contributed by atoms with van der Waals surface area (Å²) in [7, 11) is -3.48. The Bertz CT molecular complexity index is 868.